The second-order valence-electron chi connectivity index (χ2n) is 0.957. The van der Waals surface area contributed by atoms with Gasteiger partial charge in [0, 0.05) is 0 Å². The molecule has 3 heteroatoms. The molecular formula is C4H14O2Pb. The molecule has 0 bridgehead atoms. The first-order chi connectivity index (χ1) is 2.41. The third-order valence-corrected chi connectivity index (χ3v) is 4.39. The fraction of sp³-hybridized carbons (Fsp3) is 1.00. The van der Waals surface area contributed by atoms with Crippen molar-refractivity contribution in [3.63, 3.8) is 0 Å². The SMILES string of the molecule is C[CH2][Pb][CH2]C.O.O. The Kier molecular flexibility index (Phi) is 35.4. The van der Waals surface area contributed by atoms with E-state index in [9.17, 15) is 0 Å². The summed E-state index contributed by atoms with van der Waals surface area (Å²) in [6.07, 6.45) is 0. The summed E-state index contributed by atoms with van der Waals surface area (Å²) in [4.78, 5) is 0. The van der Waals surface area contributed by atoms with Crippen LogP contribution in [-0.4, -0.2) is 35.2 Å². The van der Waals surface area contributed by atoms with E-state index < -0.39 is 0 Å². The first kappa shape index (κ1) is 15.7. The average Bonchev–Trinajstić information content (AvgIpc) is 1.41. The summed E-state index contributed by atoms with van der Waals surface area (Å²) in [5.74, 6) is 0. The van der Waals surface area contributed by atoms with Crippen LogP contribution < -0.4 is 0 Å². The van der Waals surface area contributed by atoms with Gasteiger partial charge in [-0.25, -0.2) is 0 Å². The van der Waals surface area contributed by atoms with Crippen molar-refractivity contribution in [3.05, 3.63) is 0 Å². The second kappa shape index (κ2) is 15.8. The zero-order valence-electron chi connectivity index (χ0n) is 4.91. The van der Waals surface area contributed by atoms with Crippen LogP contribution in [-0.2, 0) is 0 Å². The van der Waals surface area contributed by atoms with Crippen LogP contribution in [0.25, 0.3) is 0 Å². The predicted octanol–water partition coefficient (Wildman–Crippen LogP) is -0.0824. The van der Waals surface area contributed by atoms with Crippen LogP contribution in [0.2, 0.25) is 7.96 Å². The molecule has 0 fully saturated rings. The number of rotatable bonds is 2. The third kappa shape index (κ3) is 19.9. The zero-order valence-corrected chi connectivity index (χ0v) is 8.80. The second-order valence-corrected chi connectivity index (χ2v) is 8.40. The predicted molar refractivity (Wildman–Crippen MR) is 33.9 cm³/mol. The number of hydrogen-bond acceptors (Lipinski definition) is 0. The van der Waals surface area contributed by atoms with E-state index in [0.717, 1.165) is 0 Å². The van der Waals surface area contributed by atoms with Gasteiger partial charge < -0.3 is 11.0 Å². The smallest absolute Gasteiger partial charge is 0.412 e. The number of hydrogen-bond donors (Lipinski definition) is 0. The largest absolute Gasteiger partial charge is 0.412 e. The molecule has 0 atom stereocenters. The van der Waals surface area contributed by atoms with Gasteiger partial charge in [-0.2, -0.15) is 0 Å². The minimum absolute atomic E-state index is 0. The Labute approximate surface area is 57.1 Å². The van der Waals surface area contributed by atoms with E-state index in [4.69, 9.17) is 0 Å². The molecule has 0 saturated heterocycles. The molecule has 46 valence electrons. The summed E-state index contributed by atoms with van der Waals surface area (Å²) in [5.41, 5.74) is 0. The van der Waals surface area contributed by atoms with Gasteiger partial charge in [0.05, 0.1) is 0 Å². The standard InChI is InChI=1S/2C2H5.2H2O.Pb/c2*1-2;;;/h2*1H2,2H3;2*1H2;. The molecule has 0 aliphatic heterocycles. The normalized spacial score (nSPS) is 6.00. The Hall–Kier alpha value is 0.842. The molecule has 0 aliphatic rings. The Balaban J connectivity index is -0.0000000800. The maximum Gasteiger partial charge on any atom is -0.412 e. The van der Waals surface area contributed by atoms with Crippen LogP contribution in [0.3, 0.4) is 0 Å². The molecule has 7 heavy (non-hydrogen) atoms. The molecule has 0 heterocycles. The molecule has 0 saturated carbocycles. The van der Waals surface area contributed by atoms with Crippen LogP contribution in [0.4, 0.5) is 0 Å². The molecule has 0 spiro atoms. The van der Waals surface area contributed by atoms with Crippen molar-refractivity contribution in [1.82, 2.24) is 0 Å². The van der Waals surface area contributed by atoms with Crippen LogP contribution in [0.5, 0.6) is 0 Å². The van der Waals surface area contributed by atoms with Crippen LogP contribution in [0.1, 0.15) is 13.8 Å². The van der Waals surface area contributed by atoms with Crippen molar-refractivity contribution >= 4 is 24.2 Å². The minimum Gasteiger partial charge on any atom is -0.412 e. The minimum atomic E-state index is 0. The van der Waals surface area contributed by atoms with E-state index in [0.29, 0.717) is 0 Å². The summed E-state index contributed by atoms with van der Waals surface area (Å²) in [6, 6.07) is 0. The van der Waals surface area contributed by atoms with Gasteiger partial charge in [0.1, 0.15) is 0 Å². The van der Waals surface area contributed by atoms with Gasteiger partial charge in [-0.05, 0) is 0 Å². The Bertz CT molecular complexity index is 17.2. The van der Waals surface area contributed by atoms with Gasteiger partial charge >= 0.3 is 46.0 Å². The van der Waals surface area contributed by atoms with Gasteiger partial charge in [-0.3, -0.25) is 0 Å². The summed E-state index contributed by atoms with van der Waals surface area (Å²) < 4.78 is 3.08. The van der Waals surface area contributed by atoms with Crippen molar-refractivity contribution in [1.29, 1.82) is 0 Å². The Morgan fingerprint density at radius 1 is 1.00 bits per heavy atom. The molecule has 2 nitrogen and oxygen atoms in total. The maximum atomic E-state index is 2.30. The van der Waals surface area contributed by atoms with Crippen molar-refractivity contribution in [3.8, 4) is 0 Å². The summed E-state index contributed by atoms with van der Waals surface area (Å²) in [5, 5.41) is 0. The van der Waals surface area contributed by atoms with Gasteiger partial charge in [-0.15, -0.1) is 0 Å². The maximum absolute atomic E-state index is 2.30. The quantitative estimate of drug-likeness (QED) is 0.641. The van der Waals surface area contributed by atoms with E-state index in [-0.39, 0.29) is 35.2 Å². The molecule has 0 aromatic rings. The van der Waals surface area contributed by atoms with E-state index >= 15 is 0 Å². The first-order valence-electron chi connectivity index (χ1n) is 2.12. The fourth-order valence-electron chi connectivity index (χ4n) is 0.250. The van der Waals surface area contributed by atoms with Crippen LogP contribution in [0, 0.1) is 0 Å². The van der Waals surface area contributed by atoms with Crippen LogP contribution >= 0.6 is 0 Å². The molecular weight excluding hydrogens is 287 g/mol. The summed E-state index contributed by atoms with van der Waals surface area (Å²) in [6.45, 7) is 4.60. The van der Waals surface area contributed by atoms with E-state index in [2.05, 4.69) is 13.8 Å². The van der Waals surface area contributed by atoms with Crippen molar-refractivity contribution in [2.24, 2.45) is 0 Å². The fourth-order valence-corrected chi connectivity index (χ4v) is 2.19. The van der Waals surface area contributed by atoms with Crippen molar-refractivity contribution < 1.29 is 11.0 Å². The van der Waals surface area contributed by atoms with Crippen molar-refractivity contribution in [2.75, 3.05) is 0 Å². The molecule has 4 N–H and O–H groups in total. The topological polar surface area (TPSA) is 63.0 Å². The van der Waals surface area contributed by atoms with Gasteiger partial charge in [0.25, 0.3) is 0 Å². The van der Waals surface area contributed by atoms with Gasteiger partial charge in [0.15, 0.2) is 0 Å². The summed E-state index contributed by atoms with van der Waals surface area (Å²) in [7, 11) is 0. The molecule has 0 aromatic carbocycles. The van der Waals surface area contributed by atoms with Gasteiger partial charge in [-0.1, -0.05) is 0 Å². The Morgan fingerprint density at radius 2 is 1.29 bits per heavy atom. The van der Waals surface area contributed by atoms with E-state index in [1.165, 1.54) is 7.96 Å². The average molecular weight is 301 g/mol. The molecule has 0 rings (SSSR count). The molecule has 2 radical (unpaired) electrons. The van der Waals surface area contributed by atoms with E-state index in [1.54, 1.807) is 0 Å². The van der Waals surface area contributed by atoms with E-state index in [1.807, 2.05) is 0 Å². The van der Waals surface area contributed by atoms with Crippen LogP contribution in [0.15, 0.2) is 0 Å². The zero-order chi connectivity index (χ0) is 4.12. The summed E-state index contributed by atoms with van der Waals surface area (Å²) >= 11 is 0.0494. The van der Waals surface area contributed by atoms with Crippen molar-refractivity contribution in [2.45, 2.75) is 21.8 Å². The monoisotopic (exact) mass is 302 g/mol. The molecule has 0 aromatic heterocycles. The third-order valence-electron chi connectivity index (χ3n) is 0.500. The van der Waals surface area contributed by atoms with Gasteiger partial charge in [0.2, 0.25) is 0 Å². The molecule has 0 aliphatic carbocycles. The first-order valence-corrected chi connectivity index (χ1v) is 7.62. The Morgan fingerprint density at radius 3 is 1.29 bits per heavy atom. The molecule has 0 unspecified atom stereocenters. The molecule has 0 amide bonds.